The van der Waals surface area contributed by atoms with Gasteiger partial charge in [-0.15, -0.1) is 0 Å². The van der Waals surface area contributed by atoms with Crippen LogP contribution in [0.2, 0.25) is 0 Å². The molecule has 0 heterocycles. The van der Waals surface area contributed by atoms with Crippen molar-refractivity contribution in [2.24, 2.45) is 0 Å². The average Bonchev–Trinajstić information content (AvgIpc) is 2.30. The van der Waals surface area contributed by atoms with Gasteiger partial charge in [-0.3, -0.25) is 0 Å². The summed E-state index contributed by atoms with van der Waals surface area (Å²) in [5.74, 6) is 0. The topological polar surface area (TPSA) is 42.2 Å². The first-order valence-corrected chi connectivity index (χ1v) is 4.54. The Labute approximate surface area is 89.6 Å². The molecule has 0 radical (unpaired) electrons. The summed E-state index contributed by atoms with van der Waals surface area (Å²) >= 11 is 0. The van der Waals surface area contributed by atoms with E-state index in [0.29, 0.717) is 5.57 Å². The molecule has 1 rings (SSSR count). The van der Waals surface area contributed by atoms with E-state index in [1.165, 1.54) is 14.2 Å². The van der Waals surface area contributed by atoms with Gasteiger partial charge in [-0.05, 0) is 11.6 Å². The monoisotopic (exact) mass is 203 g/mol. The van der Waals surface area contributed by atoms with E-state index < -0.39 is 6.29 Å². The molecule has 1 aromatic carbocycles. The number of rotatable bonds is 4. The Morgan fingerprint density at radius 3 is 2.33 bits per heavy atom. The van der Waals surface area contributed by atoms with Crippen LogP contribution >= 0.6 is 0 Å². The molecular formula is C12H13NO2. The van der Waals surface area contributed by atoms with Gasteiger partial charge < -0.3 is 9.47 Å². The lowest BCUT2D eigenvalue weighted by atomic mass is 10.1. The number of hydrogen-bond acceptors (Lipinski definition) is 3. The molecule has 0 saturated heterocycles. The summed E-state index contributed by atoms with van der Waals surface area (Å²) in [7, 11) is 3.01. The van der Waals surface area contributed by atoms with E-state index in [1.54, 1.807) is 6.08 Å². The highest BCUT2D eigenvalue weighted by Crippen LogP contribution is 2.11. The van der Waals surface area contributed by atoms with Gasteiger partial charge in [0.15, 0.2) is 6.29 Å². The van der Waals surface area contributed by atoms with Crippen LogP contribution in [0.3, 0.4) is 0 Å². The van der Waals surface area contributed by atoms with Gasteiger partial charge in [0.1, 0.15) is 6.07 Å². The molecule has 3 heteroatoms. The number of hydrogen-bond donors (Lipinski definition) is 0. The van der Waals surface area contributed by atoms with Crippen LogP contribution in [0.1, 0.15) is 5.56 Å². The van der Waals surface area contributed by atoms with Gasteiger partial charge in [0, 0.05) is 14.2 Å². The predicted octanol–water partition coefficient (Wildman–Crippen LogP) is 2.21. The molecule has 0 unspecified atom stereocenters. The van der Waals surface area contributed by atoms with Crippen LogP contribution in [0.4, 0.5) is 0 Å². The maximum absolute atomic E-state index is 8.94. The highest BCUT2D eigenvalue weighted by Gasteiger charge is 2.11. The molecule has 0 aliphatic carbocycles. The second-order valence-electron chi connectivity index (χ2n) is 2.93. The van der Waals surface area contributed by atoms with Crippen molar-refractivity contribution in [3.8, 4) is 6.07 Å². The molecule has 0 amide bonds. The average molecular weight is 203 g/mol. The summed E-state index contributed by atoms with van der Waals surface area (Å²) in [5, 5.41) is 8.94. The summed E-state index contributed by atoms with van der Waals surface area (Å²) < 4.78 is 10.0. The molecule has 0 aliphatic heterocycles. The highest BCUT2D eigenvalue weighted by atomic mass is 16.7. The molecule has 0 fully saturated rings. The van der Waals surface area contributed by atoms with Crippen LogP contribution in [0, 0.1) is 11.3 Å². The van der Waals surface area contributed by atoms with Gasteiger partial charge in [0.05, 0.1) is 5.57 Å². The second kappa shape index (κ2) is 5.97. The van der Waals surface area contributed by atoms with E-state index in [4.69, 9.17) is 14.7 Å². The third kappa shape index (κ3) is 3.21. The first kappa shape index (κ1) is 11.4. The van der Waals surface area contributed by atoms with E-state index >= 15 is 0 Å². The summed E-state index contributed by atoms with van der Waals surface area (Å²) in [4.78, 5) is 0. The van der Waals surface area contributed by atoms with Gasteiger partial charge in [-0.1, -0.05) is 30.3 Å². The van der Waals surface area contributed by atoms with Crippen LogP contribution in [-0.2, 0) is 9.47 Å². The molecule has 0 bridgehead atoms. The van der Waals surface area contributed by atoms with Crippen molar-refractivity contribution < 1.29 is 9.47 Å². The fourth-order valence-corrected chi connectivity index (χ4v) is 1.23. The molecule has 15 heavy (non-hydrogen) atoms. The lowest BCUT2D eigenvalue weighted by molar-refractivity contribution is -0.0712. The zero-order valence-corrected chi connectivity index (χ0v) is 8.81. The predicted molar refractivity (Wildman–Crippen MR) is 57.8 cm³/mol. The minimum absolute atomic E-state index is 0.450. The van der Waals surface area contributed by atoms with E-state index in [1.807, 2.05) is 30.3 Å². The number of nitrogens with zero attached hydrogens (tertiary/aromatic N) is 1. The van der Waals surface area contributed by atoms with Crippen molar-refractivity contribution in [1.82, 2.24) is 0 Å². The number of methoxy groups -OCH3 is 2. The van der Waals surface area contributed by atoms with Crippen molar-refractivity contribution in [2.75, 3.05) is 14.2 Å². The van der Waals surface area contributed by atoms with E-state index in [0.717, 1.165) is 5.56 Å². The van der Waals surface area contributed by atoms with Gasteiger partial charge in [-0.2, -0.15) is 5.26 Å². The smallest absolute Gasteiger partial charge is 0.193 e. The standard InChI is InChI=1S/C12H13NO2/c1-14-12(15-2)11(9-13)8-10-6-4-3-5-7-10/h3-8,12H,1-2H3/b11-8+. The minimum Gasteiger partial charge on any atom is -0.351 e. The second-order valence-corrected chi connectivity index (χ2v) is 2.93. The van der Waals surface area contributed by atoms with Crippen molar-refractivity contribution in [3.05, 3.63) is 41.5 Å². The molecular weight excluding hydrogens is 190 g/mol. The summed E-state index contributed by atoms with van der Waals surface area (Å²) in [6, 6.07) is 11.6. The van der Waals surface area contributed by atoms with Gasteiger partial charge in [0.25, 0.3) is 0 Å². The molecule has 3 nitrogen and oxygen atoms in total. The largest absolute Gasteiger partial charge is 0.351 e. The summed E-state index contributed by atoms with van der Waals surface area (Å²) in [6.07, 6.45) is 1.15. The van der Waals surface area contributed by atoms with Gasteiger partial charge in [-0.25, -0.2) is 0 Å². The molecule has 1 aromatic rings. The van der Waals surface area contributed by atoms with Crippen molar-refractivity contribution in [3.63, 3.8) is 0 Å². The maximum atomic E-state index is 8.94. The maximum Gasteiger partial charge on any atom is 0.193 e. The van der Waals surface area contributed by atoms with Crippen LogP contribution < -0.4 is 0 Å². The molecule has 0 spiro atoms. The quantitative estimate of drug-likeness (QED) is 0.556. The molecule has 0 aromatic heterocycles. The fourth-order valence-electron chi connectivity index (χ4n) is 1.23. The van der Waals surface area contributed by atoms with E-state index in [2.05, 4.69) is 6.07 Å². The zero-order valence-electron chi connectivity index (χ0n) is 8.81. The Morgan fingerprint density at radius 2 is 1.87 bits per heavy atom. The van der Waals surface area contributed by atoms with Crippen molar-refractivity contribution in [1.29, 1.82) is 5.26 Å². The Hall–Kier alpha value is -1.63. The summed E-state index contributed by atoms with van der Waals surface area (Å²) in [5.41, 5.74) is 1.40. The van der Waals surface area contributed by atoms with Gasteiger partial charge >= 0.3 is 0 Å². The Morgan fingerprint density at radius 1 is 1.27 bits per heavy atom. The first-order chi connectivity index (χ1) is 7.31. The van der Waals surface area contributed by atoms with Gasteiger partial charge in [0.2, 0.25) is 0 Å². The summed E-state index contributed by atoms with van der Waals surface area (Å²) in [6.45, 7) is 0. The van der Waals surface area contributed by atoms with Crippen LogP contribution in [0.25, 0.3) is 6.08 Å². The molecule has 0 N–H and O–H groups in total. The lowest BCUT2D eigenvalue weighted by Crippen LogP contribution is -2.14. The Kier molecular flexibility index (Phi) is 4.55. The lowest BCUT2D eigenvalue weighted by Gasteiger charge is -2.11. The number of ether oxygens (including phenoxy) is 2. The van der Waals surface area contributed by atoms with Crippen molar-refractivity contribution in [2.45, 2.75) is 6.29 Å². The molecule has 0 atom stereocenters. The molecule has 0 aliphatic rings. The van der Waals surface area contributed by atoms with Crippen molar-refractivity contribution >= 4 is 6.08 Å². The zero-order chi connectivity index (χ0) is 11.1. The molecule has 0 saturated carbocycles. The van der Waals surface area contributed by atoms with E-state index in [-0.39, 0.29) is 0 Å². The normalized spacial score (nSPS) is 11.5. The SMILES string of the molecule is COC(OC)/C(C#N)=C/c1ccccc1. The number of nitriles is 1. The van der Waals surface area contributed by atoms with E-state index in [9.17, 15) is 0 Å². The Balaban J connectivity index is 2.93. The minimum atomic E-state index is -0.602. The van der Waals surface area contributed by atoms with Crippen LogP contribution in [-0.4, -0.2) is 20.5 Å². The Bertz CT molecular complexity index is 361. The molecule has 78 valence electrons. The van der Waals surface area contributed by atoms with Crippen LogP contribution in [0.5, 0.6) is 0 Å². The van der Waals surface area contributed by atoms with Crippen LogP contribution in [0.15, 0.2) is 35.9 Å². The first-order valence-electron chi connectivity index (χ1n) is 4.54. The third-order valence-electron chi connectivity index (χ3n) is 1.93. The fraction of sp³-hybridized carbons (Fsp3) is 0.250. The number of benzene rings is 1. The highest BCUT2D eigenvalue weighted by molar-refractivity contribution is 5.57. The third-order valence-corrected chi connectivity index (χ3v) is 1.93.